The summed E-state index contributed by atoms with van der Waals surface area (Å²) in [4.78, 5) is 14.1. The molecule has 104 valence electrons. The van der Waals surface area contributed by atoms with Gasteiger partial charge in [-0.1, -0.05) is 20.8 Å². The quantitative estimate of drug-likeness (QED) is 0.766. The summed E-state index contributed by atoms with van der Waals surface area (Å²) in [5, 5.41) is 19.2. The number of hydrogen-bond donors (Lipinski definition) is 2. The van der Waals surface area contributed by atoms with Crippen molar-refractivity contribution in [3.8, 4) is 11.5 Å². The molecule has 0 spiro atoms. The molecule has 2 rings (SSSR count). The van der Waals surface area contributed by atoms with Crippen molar-refractivity contribution in [3.05, 3.63) is 23.8 Å². The maximum atomic E-state index is 12.3. The molecule has 0 aromatic heterocycles. The number of carbonyl (C=O) groups excluding carboxylic acids is 1. The number of likely N-dealkylation sites (tertiary alicyclic amines) is 1. The molecule has 1 unspecified atom stereocenters. The molecule has 0 aliphatic carbocycles. The van der Waals surface area contributed by atoms with Crippen LogP contribution in [0.25, 0.3) is 0 Å². The van der Waals surface area contributed by atoms with E-state index in [1.165, 1.54) is 18.2 Å². The van der Waals surface area contributed by atoms with Crippen molar-refractivity contribution in [1.29, 1.82) is 0 Å². The predicted molar refractivity (Wildman–Crippen MR) is 73.2 cm³/mol. The normalized spacial score (nSPS) is 19.7. The second-order valence-corrected chi connectivity index (χ2v) is 6.30. The van der Waals surface area contributed by atoms with Crippen LogP contribution in [0, 0.1) is 11.3 Å². The van der Waals surface area contributed by atoms with Crippen molar-refractivity contribution in [2.75, 3.05) is 13.1 Å². The number of phenols is 2. The Morgan fingerprint density at radius 1 is 1.32 bits per heavy atom. The number of rotatable bonds is 1. The Balaban J connectivity index is 2.16. The van der Waals surface area contributed by atoms with E-state index in [2.05, 4.69) is 20.8 Å². The van der Waals surface area contributed by atoms with Crippen molar-refractivity contribution in [3.63, 3.8) is 0 Å². The van der Waals surface area contributed by atoms with Crippen molar-refractivity contribution in [1.82, 2.24) is 4.90 Å². The largest absolute Gasteiger partial charge is 0.508 e. The first-order chi connectivity index (χ1) is 8.79. The minimum absolute atomic E-state index is 0.00674. The third-order valence-electron chi connectivity index (χ3n) is 3.91. The third kappa shape index (κ3) is 2.83. The van der Waals surface area contributed by atoms with Gasteiger partial charge in [-0.2, -0.15) is 0 Å². The average Bonchev–Trinajstić information content (AvgIpc) is 2.80. The van der Waals surface area contributed by atoms with Gasteiger partial charge >= 0.3 is 0 Å². The molecule has 1 aliphatic rings. The van der Waals surface area contributed by atoms with E-state index in [1.807, 2.05) is 0 Å². The van der Waals surface area contributed by atoms with Crippen LogP contribution >= 0.6 is 0 Å². The summed E-state index contributed by atoms with van der Waals surface area (Å²) in [6.07, 6.45) is 0.981. The SMILES string of the molecule is CC(C)(C)C1CCN(C(=O)c2cc(O)ccc2O)C1. The Morgan fingerprint density at radius 3 is 2.58 bits per heavy atom. The van der Waals surface area contributed by atoms with Gasteiger partial charge < -0.3 is 15.1 Å². The van der Waals surface area contributed by atoms with Gasteiger partial charge in [-0.25, -0.2) is 0 Å². The van der Waals surface area contributed by atoms with Crippen LogP contribution in [0.2, 0.25) is 0 Å². The van der Waals surface area contributed by atoms with E-state index in [9.17, 15) is 15.0 Å². The molecule has 1 amide bonds. The lowest BCUT2D eigenvalue weighted by Gasteiger charge is -2.27. The molecule has 1 saturated heterocycles. The molecule has 0 bridgehead atoms. The zero-order valence-corrected chi connectivity index (χ0v) is 11.7. The minimum Gasteiger partial charge on any atom is -0.508 e. The highest BCUT2D eigenvalue weighted by Gasteiger charge is 2.34. The maximum Gasteiger partial charge on any atom is 0.257 e. The number of phenolic OH excluding ortho intramolecular Hbond substituents is 2. The first-order valence-corrected chi connectivity index (χ1v) is 6.60. The fourth-order valence-electron chi connectivity index (χ4n) is 2.52. The molecule has 4 heteroatoms. The molecule has 1 heterocycles. The number of carbonyl (C=O) groups is 1. The van der Waals surface area contributed by atoms with Crippen LogP contribution in [0.1, 0.15) is 37.6 Å². The lowest BCUT2D eigenvalue weighted by atomic mass is 9.80. The summed E-state index contributed by atoms with van der Waals surface area (Å²) < 4.78 is 0. The standard InChI is InChI=1S/C15H21NO3/c1-15(2,3)10-6-7-16(9-10)14(19)12-8-11(17)4-5-13(12)18/h4-5,8,10,17-18H,6-7,9H2,1-3H3. The summed E-state index contributed by atoms with van der Waals surface area (Å²) in [6, 6.07) is 4.04. The second-order valence-electron chi connectivity index (χ2n) is 6.30. The molecule has 1 aromatic rings. The van der Waals surface area contributed by atoms with Gasteiger partial charge in [0.25, 0.3) is 5.91 Å². The predicted octanol–water partition coefficient (Wildman–Crippen LogP) is 2.61. The molecule has 4 nitrogen and oxygen atoms in total. The summed E-state index contributed by atoms with van der Waals surface area (Å²) in [6.45, 7) is 7.94. The Hall–Kier alpha value is -1.71. The van der Waals surface area contributed by atoms with Gasteiger partial charge in [-0.05, 0) is 36.0 Å². The van der Waals surface area contributed by atoms with E-state index in [-0.39, 0.29) is 28.4 Å². The molecule has 19 heavy (non-hydrogen) atoms. The molecule has 0 radical (unpaired) electrons. The molecule has 1 fully saturated rings. The van der Waals surface area contributed by atoms with Gasteiger partial charge in [0.1, 0.15) is 11.5 Å². The Labute approximate surface area is 113 Å². The molecule has 1 aromatic carbocycles. The molecule has 2 N–H and O–H groups in total. The van der Waals surface area contributed by atoms with Crippen LogP contribution in [0.3, 0.4) is 0 Å². The number of benzene rings is 1. The summed E-state index contributed by atoms with van der Waals surface area (Å²) in [7, 11) is 0. The lowest BCUT2D eigenvalue weighted by Crippen LogP contribution is -2.31. The highest BCUT2D eigenvalue weighted by molar-refractivity contribution is 5.97. The lowest BCUT2D eigenvalue weighted by molar-refractivity contribution is 0.0773. The van der Waals surface area contributed by atoms with Crippen molar-refractivity contribution < 1.29 is 15.0 Å². The van der Waals surface area contributed by atoms with Gasteiger partial charge in [0.2, 0.25) is 0 Å². The van der Waals surface area contributed by atoms with E-state index in [4.69, 9.17) is 0 Å². The first-order valence-electron chi connectivity index (χ1n) is 6.60. The van der Waals surface area contributed by atoms with Crippen molar-refractivity contribution >= 4 is 5.91 Å². The summed E-state index contributed by atoms with van der Waals surface area (Å²) >= 11 is 0. The Kier molecular flexibility index (Phi) is 3.43. The van der Waals surface area contributed by atoms with Crippen LogP contribution in [0.15, 0.2) is 18.2 Å². The highest BCUT2D eigenvalue weighted by Crippen LogP contribution is 2.35. The van der Waals surface area contributed by atoms with Crippen molar-refractivity contribution in [2.24, 2.45) is 11.3 Å². The van der Waals surface area contributed by atoms with E-state index < -0.39 is 0 Å². The van der Waals surface area contributed by atoms with E-state index >= 15 is 0 Å². The number of aromatic hydroxyl groups is 2. The second kappa shape index (κ2) is 4.76. The van der Waals surface area contributed by atoms with Crippen LogP contribution in [-0.2, 0) is 0 Å². The van der Waals surface area contributed by atoms with E-state index in [1.54, 1.807) is 4.90 Å². The summed E-state index contributed by atoms with van der Waals surface area (Å²) in [5.74, 6) is 0.172. The Morgan fingerprint density at radius 2 is 2.00 bits per heavy atom. The zero-order chi connectivity index (χ0) is 14.2. The zero-order valence-electron chi connectivity index (χ0n) is 11.7. The fraction of sp³-hybridized carbons (Fsp3) is 0.533. The van der Waals surface area contributed by atoms with E-state index in [0.717, 1.165) is 6.42 Å². The van der Waals surface area contributed by atoms with Crippen LogP contribution in [-0.4, -0.2) is 34.1 Å². The number of hydrogen-bond acceptors (Lipinski definition) is 3. The third-order valence-corrected chi connectivity index (χ3v) is 3.91. The maximum absolute atomic E-state index is 12.3. The Bertz CT molecular complexity index is 491. The molecular formula is C15H21NO3. The van der Waals surface area contributed by atoms with Gasteiger partial charge in [0.15, 0.2) is 0 Å². The first kappa shape index (κ1) is 13.7. The van der Waals surface area contributed by atoms with E-state index in [0.29, 0.717) is 19.0 Å². The topological polar surface area (TPSA) is 60.8 Å². The molecule has 1 aliphatic heterocycles. The highest BCUT2D eigenvalue weighted by atomic mass is 16.3. The van der Waals surface area contributed by atoms with Crippen molar-refractivity contribution in [2.45, 2.75) is 27.2 Å². The fourth-order valence-corrected chi connectivity index (χ4v) is 2.52. The molecule has 0 saturated carbocycles. The van der Waals surface area contributed by atoms with Gasteiger partial charge in [-0.3, -0.25) is 4.79 Å². The van der Waals surface area contributed by atoms with Crippen LogP contribution in [0.4, 0.5) is 0 Å². The smallest absolute Gasteiger partial charge is 0.257 e. The van der Waals surface area contributed by atoms with Gasteiger partial charge in [-0.15, -0.1) is 0 Å². The monoisotopic (exact) mass is 263 g/mol. The van der Waals surface area contributed by atoms with Crippen LogP contribution < -0.4 is 0 Å². The van der Waals surface area contributed by atoms with Gasteiger partial charge in [0, 0.05) is 13.1 Å². The summed E-state index contributed by atoms with van der Waals surface area (Å²) in [5.41, 5.74) is 0.352. The van der Waals surface area contributed by atoms with Gasteiger partial charge in [0.05, 0.1) is 5.56 Å². The van der Waals surface area contributed by atoms with Crippen LogP contribution in [0.5, 0.6) is 11.5 Å². The molecule has 1 atom stereocenters. The minimum atomic E-state index is -0.208. The average molecular weight is 263 g/mol. The number of amides is 1. The number of nitrogens with zero attached hydrogens (tertiary/aromatic N) is 1. The molecular weight excluding hydrogens is 242 g/mol.